The lowest BCUT2D eigenvalue weighted by Gasteiger charge is -2.41. The molecule has 1 fully saturated rings. The maximum atomic E-state index is 11.9. The van der Waals surface area contributed by atoms with Crippen LogP contribution in [0.1, 0.15) is 42.5 Å². The third kappa shape index (κ3) is 2.40. The highest BCUT2D eigenvalue weighted by molar-refractivity contribution is 7.16. The Morgan fingerprint density at radius 1 is 1.17 bits per heavy atom. The lowest BCUT2D eigenvalue weighted by Crippen LogP contribution is -2.41. The average Bonchev–Trinajstić information content (AvgIpc) is 3.04. The quantitative estimate of drug-likeness (QED) is 0.802. The fourth-order valence-electron chi connectivity index (χ4n) is 3.60. The van der Waals surface area contributed by atoms with Crippen LogP contribution in [-0.4, -0.2) is 6.09 Å². The Kier molecular flexibility index (Phi) is 3.35. The van der Waals surface area contributed by atoms with Gasteiger partial charge in [-0.2, -0.15) is 5.26 Å². The van der Waals surface area contributed by atoms with Crippen molar-refractivity contribution in [3.05, 3.63) is 40.8 Å². The highest BCUT2D eigenvalue weighted by atomic mass is 32.1. The van der Waals surface area contributed by atoms with E-state index in [0.717, 1.165) is 47.4 Å². The maximum absolute atomic E-state index is 11.9. The second-order valence-corrected chi connectivity index (χ2v) is 7.19. The highest BCUT2D eigenvalue weighted by Crippen LogP contribution is 2.47. The molecule has 0 radical (unpaired) electrons. The van der Waals surface area contributed by atoms with E-state index < -0.39 is 5.60 Å². The van der Waals surface area contributed by atoms with Crippen LogP contribution in [0.25, 0.3) is 10.4 Å². The Hall–Kier alpha value is -2.32. The molecule has 1 spiro atoms. The van der Waals surface area contributed by atoms with Crippen LogP contribution in [0.2, 0.25) is 0 Å². The van der Waals surface area contributed by atoms with Crippen LogP contribution in [0.5, 0.6) is 0 Å². The third-order valence-electron chi connectivity index (χ3n) is 4.70. The van der Waals surface area contributed by atoms with Gasteiger partial charge in [0.05, 0.1) is 5.69 Å². The van der Waals surface area contributed by atoms with E-state index in [9.17, 15) is 4.79 Å². The number of nitriles is 1. The molecule has 1 N–H and O–H groups in total. The third-order valence-corrected chi connectivity index (χ3v) is 5.74. The average molecular weight is 324 g/mol. The molecule has 116 valence electrons. The number of nitrogens with one attached hydrogen (secondary N) is 1. The SMILES string of the molecule is N#Cc1ccc(-c2ccc3c(c2)C2(CCCCC2)OC(=O)N3)s1. The summed E-state index contributed by atoms with van der Waals surface area (Å²) in [5, 5.41) is 11.8. The van der Waals surface area contributed by atoms with Crippen LogP contribution >= 0.6 is 11.3 Å². The minimum absolute atomic E-state index is 0.352. The van der Waals surface area contributed by atoms with Crippen molar-refractivity contribution in [2.75, 3.05) is 5.32 Å². The van der Waals surface area contributed by atoms with Gasteiger partial charge in [0.25, 0.3) is 0 Å². The van der Waals surface area contributed by atoms with Crippen molar-refractivity contribution in [2.24, 2.45) is 0 Å². The summed E-state index contributed by atoms with van der Waals surface area (Å²) in [4.78, 5) is 13.7. The molecular formula is C18H16N2O2S. The molecule has 2 heterocycles. The number of fused-ring (bicyclic) bond motifs is 2. The topological polar surface area (TPSA) is 62.1 Å². The van der Waals surface area contributed by atoms with Gasteiger partial charge in [-0.05, 0) is 55.5 Å². The molecule has 1 amide bonds. The minimum Gasteiger partial charge on any atom is -0.438 e. The standard InChI is InChI=1S/C18H16N2O2S/c19-11-13-5-7-16(23-13)12-4-6-15-14(10-12)18(22-17(21)20-15)8-2-1-3-9-18/h4-7,10H,1-3,8-9H2,(H,20,21). The van der Waals surface area contributed by atoms with Crippen LogP contribution in [0, 0.1) is 11.3 Å². The molecule has 1 aliphatic carbocycles. The molecule has 1 saturated carbocycles. The van der Waals surface area contributed by atoms with Gasteiger partial charge < -0.3 is 4.74 Å². The fourth-order valence-corrected chi connectivity index (χ4v) is 4.40. The lowest BCUT2D eigenvalue weighted by atomic mass is 9.77. The van der Waals surface area contributed by atoms with Crippen molar-refractivity contribution in [1.82, 2.24) is 0 Å². The summed E-state index contributed by atoms with van der Waals surface area (Å²) >= 11 is 1.48. The van der Waals surface area contributed by atoms with Gasteiger partial charge in [-0.15, -0.1) is 11.3 Å². The van der Waals surface area contributed by atoms with Gasteiger partial charge in [-0.3, -0.25) is 5.32 Å². The molecule has 0 unspecified atom stereocenters. The first-order chi connectivity index (χ1) is 11.2. The molecule has 0 atom stereocenters. The highest BCUT2D eigenvalue weighted by Gasteiger charge is 2.42. The Morgan fingerprint density at radius 2 is 2.00 bits per heavy atom. The molecule has 0 bridgehead atoms. The predicted molar refractivity (Wildman–Crippen MR) is 89.3 cm³/mol. The van der Waals surface area contributed by atoms with E-state index in [1.54, 1.807) is 0 Å². The van der Waals surface area contributed by atoms with E-state index in [1.807, 2.05) is 24.3 Å². The van der Waals surface area contributed by atoms with Gasteiger partial charge >= 0.3 is 6.09 Å². The van der Waals surface area contributed by atoms with Crippen molar-refractivity contribution in [3.8, 4) is 16.5 Å². The van der Waals surface area contributed by atoms with Gasteiger partial charge in [-0.25, -0.2) is 4.79 Å². The second-order valence-electron chi connectivity index (χ2n) is 6.11. The molecule has 1 aromatic carbocycles. The van der Waals surface area contributed by atoms with Gasteiger partial charge in [-0.1, -0.05) is 12.5 Å². The fraction of sp³-hybridized carbons (Fsp3) is 0.333. The zero-order valence-corrected chi connectivity index (χ0v) is 13.4. The number of hydrogen-bond donors (Lipinski definition) is 1. The molecule has 1 aromatic heterocycles. The molecule has 5 heteroatoms. The van der Waals surface area contributed by atoms with Gasteiger partial charge in [0.2, 0.25) is 0 Å². The first kappa shape index (κ1) is 14.3. The van der Waals surface area contributed by atoms with Crippen molar-refractivity contribution in [1.29, 1.82) is 5.26 Å². The van der Waals surface area contributed by atoms with E-state index in [4.69, 9.17) is 10.00 Å². The minimum atomic E-state index is -0.485. The Morgan fingerprint density at radius 3 is 2.74 bits per heavy atom. The number of benzene rings is 1. The number of thiophene rings is 1. The summed E-state index contributed by atoms with van der Waals surface area (Å²) in [6, 6.07) is 12.1. The summed E-state index contributed by atoms with van der Waals surface area (Å²) in [5.74, 6) is 0. The summed E-state index contributed by atoms with van der Waals surface area (Å²) in [6.07, 6.45) is 4.76. The molecular weight excluding hydrogens is 308 g/mol. The van der Waals surface area contributed by atoms with Crippen LogP contribution in [0.4, 0.5) is 10.5 Å². The smallest absolute Gasteiger partial charge is 0.412 e. The number of anilines is 1. The Labute approximate surface area is 138 Å². The van der Waals surface area contributed by atoms with E-state index in [2.05, 4.69) is 17.5 Å². The molecule has 2 aromatic rings. The van der Waals surface area contributed by atoms with Gasteiger partial charge in [0.1, 0.15) is 16.5 Å². The zero-order chi connectivity index (χ0) is 15.9. The molecule has 23 heavy (non-hydrogen) atoms. The predicted octanol–water partition coefficient (Wildman–Crippen LogP) is 5.01. The van der Waals surface area contributed by atoms with Crippen molar-refractivity contribution in [3.63, 3.8) is 0 Å². The van der Waals surface area contributed by atoms with E-state index >= 15 is 0 Å². The van der Waals surface area contributed by atoms with Gasteiger partial charge in [0.15, 0.2) is 0 Å². The summed E-state index contributed by atoms with van der Waals surface area (Å²) < 4.78 is 5.76. The van der Waals surface area contributed by atoms with E-state index in [0.29, 0.717) is 4.88 Å². The number of ether oxygens (including phenoxy) is 1. The van der Waals surface area contributed by atoms with Crippen LogP contribution in [-0.2, 0) is 10.3 Å². The van der Waals surface area contributed by atoms with Crippen LogP contribution in [0.3, 0.4) is 0 Å². The summed E-state index contributed by atoms with van der Waals surface area (Å²) in [7, 11) is 0. The molecule has 0 saturated heterocycles. The maximum Gasteiger partial charge on any atom is 0.412 e. The van der Waals surface area contributed by atoms with Crippen LogP contribution in [0.15, 0.2) is 30.3 Å². The largest absolute Gasteiger partial charge is 0.438 e. The van der Waals surface area contributed by atoms with E-state index in [1.165, 1.54) is 17.8 Å². The number of amides is 1. The number of hydrogen-bond acceptors (Lipinski definition) is 4. The molecule has 1 aliphatic heterocycles. The Balaban J connectivity index is 1.81. The number of nitrogens with zero attached hydrogens (tertiary/aromatic N) is 1. The van der Waals surface area contributed by atoms with Crippen LogP contribution < -0.4 is 5.32 Å². The van der Waals surface area contributed by atoms with Crippen molar-refractivity contribution in [2.45, 2.75) is 37.7 Å². The monoisotopic (exact) mass is 324 g/mol. The number of carbonyl (C=O) groups is 1. The lowest BCUT2D eigenvalue weighted by molar-refractivity contribution is -0.0179. The molecule has 4 rings (SSSR count). The second kappa shape index (κ2) is 5.39. The van der Waals surface area contributed by atoms with E-state index in [-0.39, 0.29) is 6.09 Å². The first-order valence-electron chi connectivity index (χ1n) is 7.85. The normalized spacial score (nSPS) is 18.7. The molecule has 4 nitrogen and oxygen atoms in total. The first-order valence-corrected chi connectivity index (χ1v) is 8.67. The zero-order valence-electron chi connectivity index (χ0n) is 12.6. The number of rotatable bonds is 1. The van der Waals surface area contributed by atoms with Gasteiger partial charge in [0, 0.05) is 10.4 Å². The van der Waals surface area contributed by atoms with Crippen molar-refractivity contribution < 1.29 is 9.53 Å². The summed E-state index contributed by atoms with van der Waals surface area (Å²) in [6.45, 7) is 0. The Bertz CT molecular complexity index is 813. The number of carbonyl (C=O) groups excluding carboxylic acids is 1. The summed E-state index contributed by atoms with van der Waals surface area (Å²) in [5.41, 5.74) is 2.51. The van der Waals surface area contributed by atoms with Crippen molar-refractivity contribution >= 4 is 23.1 Å². The molecule has 2 aliphatic rings.